The second-order valence-corrected chi connectivity index (χ2v) is 3.46. The van der Waals surface area contributed by atoms with E-state index in [1.807, 2.05) is 0 Å². The molecule has 0 unspecified atom stereocenters. The fraction of sp³-hybridized carbons (Fsp3) is 0.300. The maximum absolute atomic E-state index is 11.4. The highest BCUT2D eigenvalue weighted by Crippen LogP contribution is 2.09. The van der Waals surface area contributed by atoms with Crippen LogP contribution in [0, 0.1) is 0 Å². The van der Waals surface area contributed by atoms with Gasteiger partial charge in [0.05, 0.1) is 6.54 Å². The number of amides is 2. The zero-order valence-corrected chi connectivity index (χ0v) is 8.55. The number of morpholine rings is 1. The molecule has 1 aliphatic rings. The Morgan fingerprint density at radius 2 is 2.00 bits per heavy atom. The summed E-state index contributed by atoms with van der Waals surface area (Å²) < 4.78 is 4.80. The van der Waals surface area contributed by atoms with Crippen LogP contribution >= 0.6 is 0 Å². The summed E-state index contributed by atoms with van der Waals surface area (Å²) in [4.78, 5) is 27.9. The van der Waals surface area contributed by atoms with Crippen molar-refractivity contribution in [3.05, 3.63) is 23.9 Å². The number of ether oxygens (including phenoxy) is 1. The molecule has 0 bridgehead atoms. The van der Waals surface area contributed by atoms with E-state index < -0.39 is 0 Å². The number of hydrogen-bond donors (Lipinski definition) is 1. The van der Waals surface area contributed by atoms with E-state index in [0.717, 1.165) is 10.5 Å². The van der Waals surface area contributed by atoms with Crippen molar-refractivity contribution in [2.75, 3.05) is 18.9 Å². The fourth-order valence-corrected chi connectivity index (χ4v) is 1.41. The number of carbonyl (C=O) groups excluding carboxylic acids is 2. The SMILES string of the molecule is Nc1ccc(CN2C(=O)COCC2=O)cn1. The third kappa shape index (κ3) is 2.17. The summed E-state index contributed by atoms with van der Waals surface area (Å²) >= 11 is 0. The summed E-state index contributed by atoms with van der Waals surface area (Å²) in [5.74, 6) is -0.246. The summed E-state index contributed by atoms with van der Waals surface area (Å²) in [5, 5.41) is 0. The molecule has 16 heavy (non-hydrogen) atoms. The number of aromatic nitrogens is 1. The smallest absolute Gasteiger partial charge is 0.255 e. The van der Waals surface area contributed by atoms with E-state index in [0.29, 0.717) is 5.82 Å². The number of hydrogen-bond acceptors (Lipinski definition) is 5. The van der Waals surface area contributed by atoms with Crippen LogP contribution in [0.3, 0.4) is 0 Å². The van der Waals surface area contributed by atoms with Gasteiger partial charge in [-0.1, -0.05) is 6.07 Å². The Kier molecular flexibility index (Phi) is 2.82. The van der Waals surface area contributed by atoms with Gasteiger partial charge in [0.1, 0.15) is 19.0 Å². The van der Waals surface area contributed by atoms with Crippen molar-refractivity contribution in [1.29, 1.82) is 0 Å². The first-order chi connectivity index (χ1) is 7.66. The van der Waals surface area contributed by atoms with Gasteiger partial charge in [-0.2, -0.15) is 0 Å². The molecule has 0 atom stereocenters. The Morgan fingerprint density at radius 1 is 1.31 bits per heavy atom. The van der Waals surface area contributed by atoms with E-state index in [4.69, 9.17) is 10.5 Å². The van der Waals surface area contributed by atoms with Crippen molar-refractivity contribution in [3.8, 4) is 0 Å². The Hall–Kier alpha value is -1.95. The number of imide groups is 1. The lowest BCUT2D eigenvalue weighted by molar-refractivity contribution is -0.159. The minimum Gasteiger partial charge on any atom is -0.384 e. The van der Waals surface area contributed by atoms with Gasteiger partial charge in [0.25, 0.3) is 11.8 Å². The Bertz CT molecular complexity index is 400. The predicted octanol–water partition coefficient (Wildman–Crippen LogP) is -0.451. The van der Waals surface area contributed by atoms with E-state index in [2.05, 4.69) is 4.98 Å². The first kappa shape index (κ1) is 10.6. The van der Waals surface area contributed by atoms with Crippen LogP contribution in [-0.4, -0.2) is 34.9 Å². The Labute approximate surface area is 92.0 Å². The molecule has 0 aliphatic carbocycles. The van der Waals surface area contributed by atoms with Gasteiger partial charge < -0.3 is 10.5 Å². The van der Waals surface area contributed by atoms with Crippen LogP contribution in [0.1, 0.15) is 5.56 Å². The Morgan fingerprint density at radius 3 is 2.56 bits per heavy atom. The van der Waals surface area contributed by atoms with Gasteiger partial charge in [0.15, 0.2) is 0 Å². The predicted molar refractivity (Wildman–Crippen MR) is 55.0 cm³/mol. The summed E-state index contributed by atoms with van der Waals surface area (Å²) in [6.07, 6.45) is 1.55. The van der Waals surface area contributed by atoms with Gasteiger partial charge in [-0.3, -0.25) is 14.5 Å². The lowest BCUT2D eigenvalue weighted by atomic mass is 10.2. The molecule has 2 N–H and O–H groups in total. The molecule has 0 spiro atoms. The van der Waals surface area contributed by atoms with Crippen molar-refractivity contribution in [3.63, 3.8) is 0 Å². The van der Waals surface area contributed by atoms with E-state index in [-0.39, 0.29) is 31.6 Å². The number of anilines is 1. The van der Waals surface area contributed by atoms with Crippen molar-refractivity contribution >= 4 is 17.6 Å². The molecule has 1 aliphatic heterocycles. The average Bonchev–Trinajstić information content (AvgIpc) is 2.26. The number of pyridine rings is 1. The normalized spacial score (nSPS) is 16.6. The third-order valence-electron chi connectivity index (χ3n) is 2.24. The second-order valence-electron chi connectivity index (χ2n) is 3.46. The molecule has 1 saturated heterocycles. The number of nitrogens with two attached hydrogens (primary N) is 1. The van der Waals surface area contributed by atoms with Crippen LogP contribution < -0.4 is 5.73 Å². The van der Waals surface area contributed by atoms with Gasteiger partial charge in [-0.15, -0.1) is 0 Å². The fourth-order valence-electron chi connectivity index (χ4n) is 1.41. The molecule has 84 valence electrons. The van der Waals surface area contributed by atoms with E-state index >= 15 is 0 Å². The molecule has 2 amide bonds. The molecule has 0 aromatic carbocycles. The lowest BCUT2D eigenvalue weighted by Crippen LogP contribution is -2.45. The van der Waals surface area contributed by atoms with Gasteiger partial charge in [-0.05, 0) is 11.6 Å². The van der Waals surface area contributed by atoms with Crippen molar-refractivity contribution in [2.24, 2.45) is 0 Å². The summed E-state index contributed by atoms with van der Waals surface area (Å²) in [6.45, 7) is 0.122. The topological polar surface area (TPSA) is 85.5 Å². The maximum atomic E-state index is 11.4. The molecular weight excluding hydrogens is 210 g/mol. The minimum absolute atomic E-state index is 0.0475. The van der Waals surface area contributed by atoms with Gasteiger partial charge >= 0.3 is 0 Å². The van der Waals surface area contributed by atoms with Gasteiger partial charge in [-0.25, -0.2) is 4.98 Å². The monoisotopic (exact) mass is 221 g/mol. The molecular formula is C10H11N3O3. The lowest BCUT2D eigenvalue weighted by Gasteiger charge is -2.24. The van der Waals surface area contributed by atoms with Crippen LogP contribution in [0.5, 0.6) is 0 Å². The summed E-state index contributed by atoms with van der Waals surface area (Å²) in [6, 6.07) is 3.36. The zero-order valence-electron chi connectivity index (χ0n) is 8.55. The number of nitrogens with zero attached hydrogens (tertiary/aromatic N) is 2. The van der Waals surface area contributed by atoms with Crippen LogP contribution in [0.15, 0.2) is 18.3 Å². The minimum atomic E-state index is -0.326. The van der Waals surface area contributed by atoms with Crippen molar-refractivity contribution in [2.45, 2.75) is 6.54 Å². The second kappa shape index (κ2) is 4.28. The quantitative estimate of drug-likeness (QED) is 0.683. The largest absolute Gasteiger partial charge is 0.384 e. The molecule has 6 heteroatoms. The first-order valence-corrected chi connectivity index (χ1v) is 4.78. The highest BCUT2D eigenvalue weighted by atomic mass is 16.5. The van der Waals surface area contributed by atoms with Gasteiger partial charge in [0.2, 0.25) is 0 Å². The molecule has 0 saturated carbocycles. The summed E-state index contributed by atoms with van der Waals surface area (Å²) in [7, 11) is 0. The van der Waals surface area contributed by atoms with Crippen LogP contribution in [0.2, 0.25) is 0 Å². The van der Waals surface area contributed by atoms with E-state index in [1.165, 1.54) is 0 Å². The van der Waals surface area contributed by atoms with Crippen LogP contribution in [0.25, 0.3) is 0 Å². The zero-order chi connectivity index (χ0) is 11.5. The number of nitrogen functional groups attached to an aromatic ring is 1. The van der Waals surface area contributed by atoms with Crippen molar-refractivity contribution < 1.29 is 14.3 Å². The van der Waals surface area contributed by atoms with E-state index in [1.54, 1.807) is 18.3 Å². The average molecular weight is 221 g/mol. The molecule has 2 rings (SSSR count). The highest BCUT2D eigenvalue weighted by Gasteiger charge is 2.26. The molecule has 1 aromatic rings. The Balaban J connectivity index is 2.10. The molecule has 1 aromatic heterocycles. The third-order valence-corrected chi connectivity index (χ3v) is 2.24. The van der Waals surface area contributed by atoms with Crippen molar-refractivity contribution in [1.82, 2.24) is 9.88 Å². The van der Waals surface area contributed by atoms with Crippen LogP contribution in [-0.2, 0) is 20.9 Å². The highest BCUT2D eigenvalue weighted by molar-refractivity contribution is 5.98. The molecule has 1 fully saturated rings. The first-order valence-electron chi connectivity index (χ1n) is 4.78. The molecule has 6 nitrogen and oxygen atoms in total. The summed E-state index contributed by atoms with van der Waals surface area (Å²) in [5.41, 5.74) is 6.20. The van der Waals surface area contributed by atoms with Gasteiger partial charge in [0, 0.05) is 6.20 Å². The van der Waals surface area contributed by atoms with E-state index in [9.17, 15) is 9.59 Å². The number of rotatable bonds is 2. The number of carbonyl (C=O) groups is 2. The van der Waals surface area contributed by atoms with Crippen LogP contribution in [0.4, 0.5) is 5.82 Å². The molecule has 2 heterocycles. The molecule has 0 radical (unpaired) electrons. The standard InChI is InChI=1S/C10H11N3O3/c11-8-2-1-7(3-12-8)4-13-9(14)5-16-6-10(13)15/h1-3H,4-6H2,(H2,11,12). The maximum Gasteiger partial charge on any atom is 0.255 e.